The Morgan fingerprint density at radius 1 is 1.11 bits per heavy atom. The van der Waals surface area contributed by atoms with Crippen molar-refractivity contribution in [3.05, 3.63) is 30.1 Å². The molecule has 0 spiro atoms. The Bertz CT molecular complexity index is 683. The lowest BCUT2D eigenvalue weighted by atomic mass is 9.92. The lowest BCUT2D eigenvalue weighted by Gasteiger charge is -2.42. The van der Waals surface area contributed by atoms with E-state index >= 15 is 0 Å². The molecule has 2 saturated heterocycles. The number of hydrogen-bond acceptors (Lipinski definition) is 4. The predicted molar refractivity (Wildman–Crippen MR) is 107 cm³/mol. The minimum atomic E-state index is 0.0848. The lowest BCUT2D eigenvalue weighted by Crippen LogP contribution is -2.51. The van der Waals surface area contributed by atoms with Gasteiger partial charge in [0.1, 0.15) is 0 Å². The van der Waals surface area contributed by atoms with E-state index in [2.05, 4.69) is 14.8 Å². The highest BCUT2D eigenvalue weighted by Crippen LogP contribution is 2.32. The van der Waals surface area contributed by atoms with Crippen molar-refractivity contribution in [1.29, 1.82) is 0 Å². The van der Waals surface area contributed by atoms with Crippen LogP contribution >= 0.6 is 0 Å². The molecule has 0 bridgehead atoms. The van der Waals surface area contributed by atoms with Crippen molar-refractivity contribution < 1.29 is 9.59 Å². The summed E-state index contributed by atoms with van der Waals surface area (Å²) >= 11 is 0. The molecule has 6 nitrogen and oxygen atoms in total. The zero-order valence-corrected chi connectivity index (χ0v) is 16.9. The SMILES string of the molecule is CN(Cc1cccnc1)C(=O)[C@H]1CCCN(C2CCN(C(=O)C3CC3)CC2)C1. The number of aromatic nitrogens is 1. The first-order chi connectivity index (χ1) is 13.6. The van der Waals surface area contributed by atoms with E-state index in [-0.39, 0.29) is 11.8 Å². The van der Waals surface area contributed by atoms with E-state index in [1.54, 1.807) is 6.20 Å². The molecule has 28 heavy (non-hydrogen) atoms. The normalized spacial score (nSPS) is 24.2. The molecule has 1 aliphatic carbocycles. The van der Waals surface area contributed by atoms with Gasteiger partial charge in [-0.15, -0.1) is 0 Å². The summed E-state index contributed by atoms with van der Waals surface area (Å²) in [6, 6.07) is 4.44. The monoisotopic (exact) mass is 384 g/mol. The van der Waals surface area contributed by atoms with Crippen molar-refractivity contribution in [3.8, 4) is 0 Å². The van der Waals surface area contributed by atoms with E-state index in [0.717, 1.165) is 70.3 Å². The van der Waals surface area contributed by atoms with Crippen molar-refractivity contribution in [3.63, 3.8) is 0 Å². The van der Waals surface area contributed by atoms with Crippen molar-refractivity contribution in [2.24, 2.45) is 11.8 Å². The summed E-state index contributed by atoms with van der Waals surface area (Å²) in [7, 11) is 1.90. The molecule has 1 aromatic rings. The average Bonchev–Trinajstić information content (AvgIpc) is 3.59. The summed E-state index contributed by atoms with van der Waals surface area (Å²) in [6.45, 7) is 4.33. The number of hydrogen-bond donors (Lipinski definition) is 0. The largest absolute Gasteiger partial charge is 0.342 e. The first-order valence-corrected chi connectivity index (χ1v) is 10.8. The number of pyridine rings is 1. The smallest absolute Gasteiger partial charge is 0.227 e. The third-order valence-electron chi connectivity index (χ3n) is 6.54. The van der Waals surface area contributed by atoms with Crippen LogP contribution in [0.1, 0.15) is 44.1 Å². The Balaban J connectivity index is 1.28. The lowest BCUT2D eigenvalue weighted by molar-refractivity contribution is -0.137. The number of likely N-dealkylation sites (tertiary alicyclic amines) is 2. The average molecular weight is 385 g/mol. The molecular formula is C22H32N4O2. The van der Waals surface area contributed by atoms with Crippen molar-refractivity contribution in [1.82, 2.24) is 19.7 Å². The molecule has 0 radical (unpaired) electrons. The van der Waals surface area contributed by atoms with Crippen LogP contribution in [0, 0.1) is 11.8 Å². The third kappa shape index (κ3) is 4.54. The maximum Gasteiger partial charge on any atom is 0.227 e. The van der Waals surface area contributed by atoms with Crippen LogP contribution in [0.25, 0.3) is 0 Å². The van der Waals surface area contributed by atoms with E-state index in [4.69, 9.17) is 0 Å². The van der Waals surface area contributed by atoms with Gasteiger partial charge in [-0.1, -0.05) is 6.07 Å². The van der Waals surface area contributed by atoms with E-state index in [9.17, 15) is 9.59 Å². The summed E-state index contributed by atoms with van der Waals surface area (Å²) in [6.07, 6.45) is 9.91. The summed E-state index contributed by atoms with van der Waals surface area (Å²) in [5, 5.41) is 0. The molecule has 1 saturated carbocycles. The minimum absolute atomic E-state index is 0.0848. The fourth-order valence-corrected chi connectivity index (χ4v) is 4.73. The zero-order chi connectivity index (χ0) is 19.5. The van der Waals surface area contributed by atoms with Gasteiger partial charge in [0.2, 0.25) is 11.8 Å². The second-order valence-electron chi connectivity index (χ2n) is 8.72. The Kier molecular flexibility index (Phi) is 5.95. The molecule has 0 unspecified atom stereocenters. The first kappa shape index (κ1) is 19.4. The number of carbonyl (C=O) groups is 2. The molecule has 4 rings (SSSR count). The van der Waals surface area contributed by atoms with E-state index in [1.807, 2.05) is 30.3 Å². The van der Waals surface area contributed by atoms with Crippen LogP contribution in [0.4, 0.5) is 0 Å². The van der Waals surface area contributed by atoms with Gasteiger partial charge in [0, 0.05) is 57.6 Å². The Morgan fingerprint density at radius 3 is 2.57 bits per heavy atom. The van der Waals surface area contributed by atoms with Crippen LogP contribution in [-0.2, 0) is 16.1 Å². The molecule has 6 heteroatoms. The van der Waals surface area contributed by atoms with Crippen LogP contribution in [0.2, 0.25) is 0 Å². The molecule has 1 aromatic heterocycles. The van der Waals surface area contributed by atoms with E-state index in [0.29, 0.717) is 24.4 Å². The molecule has 152 valence electrons. The standard InChI is InChI=1S/C22H32N4O2/c1-24(15-17-4-2-10-23-14-17)21(27)19-5-3-11-26(16-19)20-8-12-25(13-9-20)22(28)18-6-7-18/h2,4,10,14,18-20H,3,5-9,11-13,15-16H2,1H3/t19-/m0/s1. The molecule has 0 aromatic carbocycles. The number of nitrogens with zero attached hydrogens (tertiary/aromatic N) is 4. The Hall–Kier alpha value is -1.95. The van der Waals surface area contributed by atoms with Gasteiger partial charge in [0.25, 0.3) is 0 Å². The summed E-state index contributed by atoms with van der Waals surface area (Å²) in [5.74, 6) is 1.03. The van der Waals surface area contributed by atoms with Gasteiger partial charge in [0.15, 0.2) is 0 Å². The van der Waals surface area contributed by atoms with Gasteiger partial charge < -0.3 is 9.80 Å². The molecule has 3 aliphatic rings. The third-order valence-corrected chi connectivity index (χ3v) is 6.54. The second kappa shape index (κ2) is 8.60. The predicted octanol–water partition coefficient (Wildman–Crippen LogP) is 2.15. The molecule has 3 fully saturated rings. The van der Waals surface area contributed by atoms with Crippen molar-refractivity contribution in [2.75, 3.05) is 33.2 Å². The van der Waals surface area contributed by atoms with Crippen LogP contribution in [0.15, 0.2) is 24.5 Å². The first-order valence-electron chi connectivity index (χ1n) is 10.8. The molecule has 2 aliphatic heterocycles. The minimum Gasteiger partial charge on any atom is -0.342 e. The van der Waals surface area contributed by atoms with Gasteiger partial charge in [-0.2, -0.15) is 0 Å². The van der Waals surface area contributed by atoms with Crippen LogP contribution < -0.4 is 0 Å². The van der Waals surface area contributed by atoms with Crippen LogP contribution in [0.5, 0.6) is 0 Å². The highest BCUT2D eigenvalue weighted by molar-refractivity contribution is 5.81. The van der Waals surface area contributed by atoms with Gasteiger partial charge >= 0.3 is 0 Å². The second-order valence-corrected chi connectivity index (χ2v) is 8.72. The van der Waals surface area contributed by atoms with Gasteiger partial charge in [-0.05, 0) is 56.7 Å². The van der Waals surface area contributed by atoms with Crippen LogP contribution in [0.3, 0.4) is 0 Å². The van der Waals surface area contributed by atoms with Gasteiger partial charge in [-0.3, -0.25) is 19.5 Å². The van der Waals surface area contributed by atoms with Gasteiger partial charge in [0.05, 0.1) is 5.92 Å². The fraction of sp³-hybridized carbons (Fsp3) is 0.682. The molecule has 2 amide bonds. The molecule has 0 N–H and O–H groups in total. The van der Waals surface area contributed by atoms with E-state index < -0.39 is 0 Å². The summed E-state index contributed by atoms with van der Waals surface area (Å²) in [5.41, 5.74) is 1.07. The Labute approximate surface area is 167 Å². The zero-order valence-electron chi connectivity index (χ0n) is 16.9. The van der Waals surface area contributed by atoms with E-state index in [1.165, 1.54) is 0 Å². The number of amides is 2. The number of carbonyl (C=O) groups excluding carboxylic acids is 2. The van der Waals surface area contributed by atoms with Gasteiger partial charge in [-0.25, -0.2) is 0 Å². The molecule has 1 atom stereocenters. The maximum atomic E-state index is 13.0. The number of piperidine rings is 2. The van der Waals surface area contributed by atoms with Crippen molar-refractivity contribution >= 4 is 11.8 Å². The number of rotatable bonds is 5. The van der Waals surface area contributed by atoms with Crippen LogP contribution in [-0.4, -0.2) is 70.8 Å². The van der Waals surface area contributed by atoms with Crippen molar-refractivity contribution in [2.45, 2.75) is 51.1 Å². The highest BCUT2D eigenvalue weighted by Gasteiger charge is 2.37. The summed E-state index contributed by atoms with van der Waals surface area (Å²) in [4.78, 5) is 35.8. The topological polar surface area (TPSA) is 56.8 Å². The Morgan fingerprint density at radius 2 is 1.89 bits per heavy atom. The molecular weight excluding hydrogens is 352 g/mol. The maximum absolute atomic E-state index is 13.0. The highest BCUT2D eigenvalue weighted by atomic mass is 16.2. The summed E-state index contributed by atoms with van der Waals surface area (Å²) < 4.78 is 0. The fourth-order valence-electron chi connectivity index (χ4n) is 4.73. The molecule has 3 heterocycles. The quantitative estimate of drug-likeness (QED) is 0.781.